The van der Waals surface area contributed by atoms with Gasteiger partial charge in [-0.05, 0) is 36.7 Å². The molecule has 3 heterocycles. The second-order valence-corrected chi connectivity index (χ2v) is 8.02. The first-order valence-corrected chi connectivity index (χ1v) is 10.7. The van der Waals surface area contributed by atoms with Crippen LogP contribution in [0.2, 0.25) is 0 Å². The third-order valence-corrected chi connectivity index (χ3v) is 6.48. The molecule has 2 aromatic carbocycles. The standard InChI is InChI=1S/C24H30N4O/c1-29-24-9-5-4-8-22(24)27-15-12-26(13-16-27)14-17-28-21-7-3-2-6-19(21)20-10-11-25-18-23(20)28/h2-9,25H,10-18H2,1H3. The summed E-state index contributed by atoms with van der Waals surface area (Å²) in [5.41, 5.74) is 5.66. The van der Waals surface area contributed by atoms with Gasteiger partial charge in [-0.15, -0.1) is 0 Å². The molecule has 29 heavy (non-hydrogen) atoms. The lowest BCUT2D eigenvalue weighted by Gasteiger charge is -2.36. The van der Waals surface area contributed by atoms with Crippen LogP contribution in [0.5, 0.6) is 5.75 Å². The predicted molar refractivity (Wildman–Crippen MR) is 119 cm³/mol. The number of hydrogen-bond donors (Lipinski definition) is 1. The Labute approximate surface area is 172 Å². The van der Waals surface area contributed by atoms with E-state index < -0.39 is 0 Å². The molecule has 2 aliphatic heterocycles. The number of para-hydroxylation sites is 3. The van der Waals surface area contributed by atoms with Crippen molar-refractivity contribution >= 4 is 16.6 Å². The van der Waals surface area contributed by atoms with Crippen molar-refractivity contribution < 1.29 is 4.74 Å². The van der Waals surface area contributed by atoms with Crippen molar-refractivity contribution in [2.45, 2.75) is 19.5 Å². The van der Waals surface area contributed by atoms with Crippen LogP contribution in [-0.4, -0.2) is 55.8 Å². The van der Waals surface area contributed by atoms with Gasteiger partial charge >= 0.3 is 0 Å². The summed E-state index contributed by atoms with van der Waals surface area (Å²) in [6.07, 6.45) is 1.14. The zero-order valence-corrected chi connectivity index (χ0v) is 17.2. The van der Waals surface area contributed by atoms with E-state index in [1.54, 1.807) is 12.7 Å². The monoisotopic (exact) mass is 390 g/mol. The Morgan fingerprint density at radius 2 is 1.72 bits per heavy atom. The van der Waals surface area contributed by atoms with Gasteiger partial charge in [0.1, 0.15) is 5.75 Å². The van der Waals surface area contributed by atoms with E-state index >= 15 is 0 Å². The zero-order chi connectivity index (χ0) is 19.6. The van der Waals surface area contributed by atoms with E-state index in [-0.39, 0.29) is 0 Å². The fourth-order valence-electron chi connectivity index (χ4n) is 4.93. The smallest absolute Gasteiger partial charge is 0.142 e. The molecule has 1 saturated heterocycles. The van der Waals surface area contributed by atoms with Crippen LogP contribution in [0.1, 0.15) is 11.3 Å². The Bertz CT molecular complexity index is 988. The highest BCUT2D eigenvalue weighted by Crippen LogP contribution is 2.30. The van der Waals surface area contributed by atoms with Gasteiger partial charge in [-0.2, -0.15) is 0 Å². The van der Waals surface area contributed by atoms with Crippen LogP contribution in [0.4, 0.5) is 5.69 Å². The average molecular weight is 391 g/mol. The Balaban J connectivity index is 1.27. The molecule has 0 saturated carbocycles. The van der Waals surface area contributed by atoms with E-state index in [2.05, 4.69) is 62.1 Å². The highest BCUT2D eigenvalue weighted by molar-refractivity contribution is 5.85. The second-order valence-electron chi connectivity index (χ2n) is 8.02. The van der Waals surface area contributed by atoms with Gasteiger partial charge < -0.3 is 19.5 Å². The number of hydrogen-bond acceptors (Lipinski definition) is 4. The number of piperazine rings is 1. The van der Waals surface area contributed by atoms with Crippen molar-refractivity contribution in [1.29, 1.82) is 0 Å². The summed E-state index contributed by atoms with van der Waals surface area (Å²) in [7, 11) is 1.76. The van der Waals surface area contributed by atoms with E-state index in [4.69, 9.17) is 4.74 Å². The van der Waals surface area contributed by atoms with Crippen LogP contribution in [0.25, 0.3) is 10.9 Å². The fraction of sp³-hybridized carbons (Fsp3) is 0.417. The van der Waals surface area contributed by atoms with E-state index in [0.29, 0.717) is 0 Å². The minimum atomic E-state index is 0.971. The molecule has 3 aromatic rings. The van der Waals surface area contributed by atoms with Crippen LogP contribution < -0.4 is 15.0 Å². The van der Waals surface area contributed by atoms with Crippen LogP contribution >= 0.6 is 0 Å². The molecule has 5 heteroatoms. The van der Waals surface area contributed by atoms with Gasteiger partial charge in [0.15, 0.2) is 0 Å². The second kappa shape index (κ2) is 8.09. The van der Waals surface area contributed by atoms with Crippen LogP contribution in [0.3, 0.4) is 0 Å². The molecule has 1 aromatic heterocycles. The molecule has 1 fully saturated rings. The van der Waals surface area contributed by atoms with Gasteiger partial charge in [-0.25, -0.2) is 0 Å². The van der Waals surface area contributed by atoms with E-state index in [1.807, 2.05) is 6.07 Å². The zero-order valence-electron chi connectivity index (χ0n) is 17.2. The molecule has 2 aliphatic rings. The Morgan fingerprint density at radius 1 is 0.931 bits per heavy atom. The molecule has 0 amide bonds. The molecular weight excluding hydrogens is 360 g/mol. The number of nitrogens with one attached hydrogen (secondary N) is 1. The number of rotatable bonds is 5. The molecule has 152 valence electrons. The van der Waals surface area contributed by atoms with Gasteiger partial charge in [0.2, 0.25) is 0 Å². The highest BCUT2D eigenvalue weighted by atomic mass is 16.5. The third kappa shape index (κ3) is 3.49. The molecule has 0 radical (unpaired) electrons. The van der Waals surface area contributed by atoms with Crippen molar-refractivity contribution in [3.63, 3.8) is 0 Å². The number of methoxy groups -OCH3 is 1. The summed E-state index contributed by atoms with van der Waals surface area (Å²) < 4.78 is 8.11. The normalized spacial score (nSPS) is 17.5. The topological polar surface area (TPSA) is 32.7 Å². The molecule has 0 unspecified atom stereocenters. The summed E-state index contributed by atoms with van der Waals surface area (Å²) in [5, 5.41) is 5.01. The number of ether oxygens (including phenoxy) is 1. The lowest BCUT2D eigenvalue weighted by molar-refractivity contribution is 0.247. The maximum absolute atomic E-state index is 5.55. The maximum atomic E-state index is 5.55. The number of fused-ring (bicyclic) bond motifs is 3. The molecule has 5 rings (SSSR count). The highest BCUT2D eigenvalue weighted by Gasteiger charge is 2.22. The summed E-state index contributed by atoms with van der Waals surface area (Å²) >= 11 is 0. The Morgan fingerprint density at radius 3 is 2.59 bits per heavy atom. The van der Waals surface area contributed by atoms with E-state index in [1.165, 1.54) is 22.3 Å². The van der Waals surface area contributed by atoms with Gasteiger partial charge in [-0.3, -0.25) is 4.90 Å². The van der Waals surface area contributed by atoms with Gasteiger partial charge in [0.05, 0.1) is 12.8 Å². The predicted octanol–water partition coefficient (Wildman–Crippen LogP) is 3.12. The molecule has 0 atom stereocenters. The molecule has 0 spiro atoms. The van der Waals surface area contributed by atoms with Gasteiger partial charge in [0, 0.05) is 62.4 Å². The van der Waals surface area contributed by atoms with E-state index in [9.17, 15) is 0 Å². The maximum Gasteiger partial charge on any atom is 0.142 e. The lowest BCUT2D eigenvalue weighted by Crippen LogP contribution is -2.47. The minimum absolute atomic E-state index is 0.971. The fourth-order valence-corrected chi connectivity index (χ4v) is 4.93. The third-order valence-electron chi connectivity index (χ3n) is 6.48. The van der Waals surface area contributed by atoms with Crippen molar-refractivity contribution in [3.8, 4) is 5.75 Å². The molecule has 0 aliphatic carbocycles. The molecule has 5 nitrogen and oxygen atoms in total. The Kier molecular flexibility index (Phi) is 5.17. The summed E-state index contributed by atoms with van der Waals surface area (Å²) in [6.45, 7) is 8.53. The summed E-state index contributed by atoms with van der Waals surface area (Å²) in [5.74, 6) is 0.971. The minimum Gasteiger partial charge on any atom is -0.495 e. The summed E-state index contributed by atoms with van der Waals surface area (Å²) in [6, 6.07) is 17.3. The first-order valence-electron chi connectivity index (χ1n) is 10.7. The van der Waals surface area contributed by atoms with E-state index in [0.717, 1.165) is 64.5 Å². The SMILES string of the molecule is COc1ccccc1N1CCN(CCn2c3c(c4ccccc42)CCNC3)CC1. The van der Waals surface area contributed by atoms with Crippen LogP contribution in [0.15, 0.2) is 48.5 Å². The number of aromatic nitrogens is 1. The quantitative estimate of drug-likeness (QED) is 0.726. The summed E-state index contributed by atoms with van der Waals surface area (Å²) in [4.78, 5) is 5.05. The van der Waals surface area contributed by atoms with Crippen LogP contribution in [-0.2, 0) is 19.5 Å². The first kappa shape index (κ1) is 18.5. The first-order chi connectivity index (χ1) is 14.3. The molecule has 1 N–H and O–H groups in total. The lowest BCUT2D eigenvalue weighted by atomic mass is 10.1. The molecule has 0 bridgehead atoms. The average Bonchev–Trinajstić information content (AvgIpc) is 3.12. The Hall–Kier alpha value is -2.50. The number of benzene rings is 2. The van der Waals surface area contributed by atoms with Crippen molar-refractivity contribution in [3.05, 3.63) is 59.8 Å². The van der Waals surface area contributed by atoms with Crippen LogP contribution in [0, 0.1) is 0 Å². The number of nitrogens with zero attached hydrogens (tertiary/aromatic N) is 3. The van der Waals surface area contributed by atoms with Crippen molar-refractivity contribution in [2.75, 3.05) is 51.3 Å². The van der Waals surface area contributed by atoms with Gasteiger partial charge in [-0.1, -0.05) is 30.3 Å². The van der Waals surface area contributed by atoms with Crippen molar-refractivity contribution in [1.82, 2.24) is 14.8 Å². The molecular formula is C24H30N4O. The largest absolute Gasteiger partial charge is 0.495 e. The van der Waals surface area contributed by atoms with Crippen molar-refractivity contribution in [2.24, 2.45) is 0 Å². The van der Waals surface area contributed by atoms with Gasteiger partial charge in [0.25, 0.3) is 0 Å². The number of anilines is 1.